The Morgan fingerprint density at radius 1 is 1.45 bits per heavy atom. The maximum Gasteiger partial charge on any atom is 0.197 e. The molecule has 0 aromatic carbocycles. The monoisotopic (exact) mass is 160 g/mol. The van der Waals surface area contributed by atoms with Crippen molar-refractivity contribution in [2.75, 3.05) is 41.0 Å². The molecule has 0 aliphatic heterocycles. The van der Waals surface area contributed by atoms with E-state index in [0.717, 1.165) is 0 Å². The minimum Gasteiger partial charge on any atom is -0.483 e. The molecule has 0 rings (SSSR count). The minimum absolute atomic E-state index is 0.635. The highest BCUT2D eigenvalue weighted by molar-refractivity contribution is 5.77. The van der Waals surface area contributed by atoms with E-state index in [4.69, 9.17) is 9.47 Å². The number of hydrogen-bond acceptors (Lipinski definition) is 4. The van der Waals surface area contributed by atoms with E-state index < -0.39 is 0 Å². The Labute approximate surface area is 67.6 Å². The number of methoxy groups -OCH3 is 2. The second kappa shape index (κ2) is 7.50. The molecule has 0 aromatic heterocycles. The Kier molecular flexibility index (Phi) is 7.08. The highest BCUT2D eigenvalue weighted by Crippen LogP contribution is 1.79. The number of rotatable bonds is 5. The van der Waals surface area contributed by atoms with Crippen LogP contribution in [0.4, 0.5) is 0 Å². The molecule has 0 bridgehead atoms. The molecule has 0 saturated carbocycles. The molecule has 0 saturated heterocycles. The Bertz CT molecular complexity index is 115. The van der Waals surface area contributed by atoms with Crippen molar-refractivity contribution in [2.45, 2.75) is 0 Å². The summed E-state index contributed by atoms with van der Waals surface area (Å²) in [6.07, 6.45) is 0. The van der Waals surface area contributed by atoms with Crippen LogP contribution in [0.15, 0.2) is 4.99 Å². The van der Waals surface area contributed by atoms with E-state index in [-0.39, 0.29) is 0 Å². The quantitative estimate of drug-likeness (QED) is 0.347. The SMILES string of the molecule is CNCC(=NCCOC)OC. The molecule has 1 N–H and O–H groups in total. The van der Waals surface area contributed by atoms with E-state index in [2.05, 4.69) is 10.3 Å². The van der Waals surface area contributed by atoms with Gasteiger partial charge in [-0.1, -0.05) is 0 Å². The van der Waals surface area contributed by atoms with E-state index in [1.54, 1.807) is 14.2 Å². The van der Waals surface area contributed by atoms with Gasteiger partial charge in [-0.3, -0.25) is 4.99 Å². The maximum atomic E-state index is 4.97. The fourth-order valence-corrected chi connectivity index (χ4v) is 0.605. The molecular formula is C7H16N2O2. The molecule has 0 heterocycles. The summed E-state index contributed by atoms with van der Waals surface area (Å²) in [7, 11) is 5.12. The number of hydrogen-bond donors (Lipinski definition) is 1. The first-order valence-corrected chi connectivity index (χ1v) is 3.56. The number of aliphatic imine (C=N–C) groups is 1. The van der Waals surface area contributed by atoms with Gasteiger partial charge in [-0.25, -0.2) is 0 Å². The van der Waals surface area contributed by atoms with Crippen molar-refractivity contribution >= 4 is 5.90 Å². The van der Waals surface area contributed by atoms with E-state index in [9.17, 15) is 0 Å². The van der Waals surface area contributed by atoms with Crippen molar-refractivity contribution < 1.29 is 9.47 Å². The van der Waals surface area contributed by atoms with Crippen LogP contribution < -0.4 is 5.32 Å². The average molecular weight is 160 g/mol. The standard InChI is InChI=1S/C7H16N2O2/c1-8-6-7(11-3)9-4-5-10-2/h8H,4-6H2,1-3H3. The van der Waals surface area contributed by atoms with Crippen molar-refractivity contribution in [3.05, 3.63) is 0 Å². The molecule has 4 heteroatoms. The lowest BCUT2D eigenvalue weighted by molar-refractivity contribution is 0.207. The van der Waals surface area contributed by atoms with Crippen molar-refractivity contribution in [2.24, 2.45) is 4.99 Å². The third-order valence-corrected chi connectivity index (χ3v) is 1.15. The summed E-state index contributed by atoms with van der Waals surface area (Å²) in [6.45, 7) is 1.96. The van der Waals surface area contributed by atoms with Crippen molar-refractivity contribution in [1.82, 2.24) is 5.32 Å². The lowest BCUT2D eigenvalue weighted by Gasteiger charge is -2.03. The highest BCUT2D eigenvalue weighted by Gasteiger charge is 1.93. The molecule has 0 aliphatic rings. The molecule has 0 amide bonds. The summed E-state index contributed by atoms with van der Waals surface area (Å²) in [6, 6.07) is 0. The van der Waals surface area contributed by atoms with Gasteiger partial charge < -0.3 is 14.8 Å². The predicted molar refractivity (Wildman–Crippen MR) is 45.1 cm³/mol. The van der Waals surface area contributed by atoms with Crippen LogP contribution in [0.1, 0.15) is 0 Å². The number of nitrogens with one attached hydrogen (secondary N) is 1. The summed E-state index contributed by atoms with van der Waals surface area (Å²) >= 11 is 0. The lowest BCUT2D eigenvalue weighted by atomic mass is 10.6. The lowest BCUT2D eigenvalue weighted by Crippen LogP contribution is -2.20. The van der Waals surface area contributed by atoms with Crippen LogP contribution in [-0.2, 0) is 9.47 Å². The summed E-state index contributed by atoms with van der Waals surface area (Å²) in [4.78, 5) is 4.13. The molecule has 0 spiro atoms. The second-order valence-electron chi connectivity index (χ2n) is 2.00. The summed E-state index contributed by atoms with van der Waals surface area (Å²) < 4.78 is 9.80. The van der Waals surface area contributed by atoms with Crippen LogP contribution in [0.2, 0.25) is 0 Å². The normalized spacial score (nSPS) is 11.7. The average Bonchev–Trinajstić information content (AvgIpc) is 2.03. The largest absolute Gasteiger partial charge is 0.483 e. The molecule has 0 atom stereocenters. The highest BCUT2D eigenvalue weighted by atomic mass is 16.5. The third-order valence-electron chi connectivity index (χ3n) is 1.15. The van der Waals surface area contributed by atoms with Crippen molar-refractivity contribution in [1.29, 1.82) is 0 Å². The van der Waals surface area contributed by atoms with Crippen LogP contribution in [-0.4, -0.2) is 46.9 Å². The fraction of sp³-hybridized carbons (Fsp3) is 0.857. The van der Waals surface area contributed by atoms with Crippen LogP contribution in [0, 0.1) is 0 Å². The molecule has 0 aromatic rings. The van der Waals surface area contributed by atoms with Gasteiger partial charge in [-0.2, -0.15) is 0 Å². The van der Waals surface area contributed by atoms with Crippen LogP contribution >= 0.6 is 0 Å². The molecular weight excluding hydrogens is 144 g/mol. The Hall–Kier alpha value is -0.610. The van der Waals surface area contributed by atoms with Crippen LogP contribution in [0.25, 0.3) is 0 Å². The topological polar surface area (TPSA) is 42.9 Å². The molecule has 0 radical (unpaired) electrons. The first kappa shape index (κ1) is 10.4. The summed E-state index contributed by atoms with van der Waals surface area (Å²) in [5.41, 5.74) is 0. The molecule has 4 nitrogen and oxygen atoms in total. The van der Waals surface area contributed by atoms with Crippen LogP contribution in [0.5, 0.6) is 0 Å². The zero-order valence-corrected chi connectivity index (χ0v) is 7.39. The first-order chi connectivity index (χ1) is 5.35. The maximum absolute atomic E-state index is 4.97. The minimum atomic E-state index is 0.635. The van der Waals surface area contributed by atoms with Gasteiger partial charge in [0.05, 0.1) is 26.8 Å². The molecule has 66 valence electrons. The van der Waals surface area contributed by atoms with E-state index in [1.165, 1.54) is 0 Å². The van der Waals surface area contributed by atoms with E-state index in [0.29, 0.717) is 25.6 Å². The second-order valence-corrected chi connectivity index (χ2v) is 2.00. The Balaban J connectivity index is 3.52. The van der Waals surface area contributed by atoms with Gasteiger partial charge in [0.1, 0.15) is 0 Å². The molecule has 0 fully saturated rings. The Morgan fingerprint density at radius 3 is 2.64 bits per heavy atom. The third kappa shape index (κ3) is 5.82. The van der Waals surface area contributed by atoms with Crippen molar-refractivity contribution in [3.8, 4) is 0 Å². The Morgan fingerprint density at radius 2 is 2.18 bits per heavy atom. The number of ether oxygens (including phenoxy) is 2. The van der Waals surface area contributed by atoms with Gasteiger partial charge >= 0.3 is 0 Å². The number of nitrogens with zero attached hydrogens (tertiary/aromatic N) is 1. The fourth-order valence-electron chi connectivity index (χ4n) is 0.605. The van der Waals surface area contributed by atoms with Crippen molar-refractivity contribution in [3.63, 3.8) is 0 Å². The zero-order valence-electron chi connectivity index (χ0n) is 7.39. The van der Waals surface area contributed by atoms with Gasteiger partial charge in [-0.15, -0.1) is 0 Å². The smallest absolute Gasteiger partial charge is 0.197 e. The zero-order chi connectivity index (χ0) is 8.53. The summed E-state index contributed by atoms with van der Waals surface area (Å²) in [5.74, 6) is 0.713. The first-order valence-electron chi connectivity index (χ1n) is 3.56. The van der Waals surface area contributed by atoms with E-state index >= 15 is 0 Å². The molecule has 0 aliphatic carbocycles. The van der Waals surface area contributed by atoms with Gasteiger partial charge in [0.2, 0.25) is 0 Å². The van der Waals surface area contributed by atoms with Gasteiger partial charge in [0.15, 0.2) is 5.90 Å². The van der Waals surface area contributed by atoms with Crippen LogP contribution in [0.3, 0.4) is 0 Å². The van der Waals surface area contributed by atoms with Gasteiger partial charge in [-0.05, 0) is 7.05 Å². The number of likely N-dealkylation sites (N-methyl/N-ethyl adjacent to an activating group) is 1. The molecule has 0 unspecified atom stereocenters. The van der Waals surface area contributed by atoms with Gasteiger partial charge in [0.25, 0.3) is 0 Å². The summed E-state index contributed by atoms with van der Waals surface area (Å²) in [5, 5.41) is 2.95. The van der Waals surface area contributed by atoms with E-state index in [1.807, 2.05) is 7.05 Å². The van der Waals surface area contributed by atoms with Gasteiger partial charge in [0, 0.05) is 7.11 Å². The molecule has 11 heavy (non-hydrogen) atoms. The predicted octanol–water partition coefficient (Wildman–Crippen LogP) is -0.103.